The molecule has 2 aromatic rings. The fourth-order valence-electron chi connectivity index (χ4n) is 3.04. The van der Waals surface area contributed by atoms with Gasteiger partial charge in [-0.05, 0) is 30.0 Å². The first-order chi connectivity index (χ1) is 9.66. The van der Waals surface area contributed by atoms with Crippen LogP contribution < -0.4 is 5.32 Å². The highest BCUT2D eigenvalue weighted by atomic mass is 16.6. The largest absolute Gasteiger partial charge is 0.447 e. The number of rotatable bonds is 1. The minimum Gasteiger partial charge on any atom is -0.447 e. The van der Waals surface area contributed by atoms with Crippen LogP contribution in [0.1, 0.15) is 23.4 Å². The van der Waals surface area contributed by atoms with E-state index in [9.17, 15) is 4.79 Å². The minimum absolute atomic E-state index is 0.337. The summed E-state index contributed by atoms with van der Waals surface area (Å²) < 4.78 is 10.1. The molecule has 1 saturated heterocycles. The second-order valence-electron chi connectivity index (χ2n) is 5.29. The maximum atomic E-state index is 11.3. The number of carbonyl (C=O) groups is 1. The van der Waals surface area contributed by atoms with Crippen LogP contribution in [0.25, 0.3) is 11.4 Å². The first-order valence-corrected chi connectivity index (χ1v) is 6.55. The van der Waals surface area contributed by atoms with Crippen LogP contribution in [0.5, 0.6) is 0 Å². The van der Waals surface area contributed by atoms with E-state index in [1.165, 1.54) is 5.56 Å². The SMILES string of the molecule is Cc1nc(-c2ccc3c(c2)CC[C@@]32COC(=O)N2)no1. The van der Waals surface area contributed by atoms with Gasteiger partial charge in [-0.25, -0.2) is 4.79 Å². The van der Waals surface area contributed by atoms with Crippen LogP contribution in [0.4, 0.5) is 4.79 Å². The van der Waals surface area contributed by atoms with Gasteiger partial charge in [0.2, 0.25) is 11.7 Å². The molecule has 102 valence electrons. The molecular weight excluding hydrogens is 258 g/mol. The highest BCUT2D eigenvalue weighted by molar-refractivity contribution is 5.72. The van der Waals surface area contributed by atoms with Gasteiger partial charge < -0.3 is 14.6 Å². The zero-order valence-corrected chi connectivity index (χ0v) is 11.0. The fourth-order valence-corrected chi connectivity index (χ4v) is 3.04. The summed E-state index contributed by atoms with van der Waals surface area (Å²) in [5.41, 5.74) is 2.92. The molecule has 6 heteroatoms. The third-order valence-corrected chi connectivity index (χ3v) is 4.02. The molecule has 1 spiro atoms. The summed E-state index contributed by atoms with van der Waals surface area (Å²) in [5, 5.41) is 6.87. The molecule has 6 nitrogen and oxygen atoms in total. The van der Waals surface area contributed by atoms with E-state index in [0.717, 1.165) is 24.0 Å². The van der Waals surface area contributed by atoms with Crippen molar-refractivity contribution in [1.82, 2.24) is 15.5 Å². The van der Waals surface area contributed by atoms with Crippen LogP contribution in [0.3, 0.4) is 0 Å². The van der Waals surface area contributed by atoms with Crippen molar-refractivity contribution in [2.45, 2.75) is 25.3 Å². The van der Waals surface area contributed by atoms with Gasteiger partial charge in [-0.1, -0.05) is 17.3 Å². The summed E-state index contributed by atoms with van der Waals surface area (Å²) in [6.45, 7) is 2.17. The van der Waals surface area contributed by atoms with Gasteiger partial charge in [0.1, 0.15) is 12.1 Å². The van der Waals surface area contributed by atoms with Gasteiger partial charge in [-0.3, -0.25) is 0 Å². The van der Waals surface area contributed by atoms with Gasteiger partial charge >= 0.3 is 6.09 Å². The Bertz CT molecular complexity index is 709. The highest BCUT2D eigenvalue weighted by Gasteiger charge is 2.45. The number of cyclic esters (lactones) is 1. The number of nitrogens with one attached hydrogen (secondary N) is 1. The lowest BCUT2D eigenvalue weighted by Gasteiger charge is -2.21. The molecule has 1 aromatic heterocycles. The molecule has 2 heterocycles. The quantitative estimate of drug-likeness (QED) is 0.857. The summed E-state index contributed by atoms with van der Waals surface area (Å²) in [4.78, 5) is 15.6. The predicted molar refractivity (Wildman–Crippen MR) is 69.0 cm³/mol. The number of alkyl carbamates (subject to hydrolysis) is 1. The lowest BCUT2D eigenvalue weighted by atomic mass is 9.93. The number of hydrogen-bond acceptors (Lipinski definition) is 5. The molecule has 1 amide bonds. The zero-order valence-electron chi connectivity index (χ0n) is 11.0. The Hall–Kier alpha value is -2.37. The molecular formula is C14H13N3O3. The van der Waals surface area contributed by atoms with Crippen molar-refractivity contribution in [1.29, 1.82) is 0 Å². The summed E-state index contributed by atoms with van der Waals surface area (Å²) in [7, 11) is 0. The number of benzene rings is 1. The standard InChI is InChI=1S/C14H13N3O3/c1-8-15-12(17-20-8)10-2-3-11-9(6-10)4-5-14(11)7-19-13(18)16-14/h2-3,6H,4-5,7H2,1H3,(H,16,18)/t14-/m1/s1. The van der Waals surface area contributed by atoms with Crippen molar-refractivity contribution >= 4 is 6.09 Å². The van der Waals surface area contributed by atoms with Crippen molar-refractivity contribution in [2.75, 3.05) is 6.61 Å². The summed E-state index contributed by atoms with van der Waals surface area (Å²) >= 11 is 0. The molecule has 0 radical (unpaired) electrons. The molecule has 1 N–H and O–H groups in total. The van der Waals surface area contributed by atoms with Crippen LogP contribution >= 0.6 is 0 Å². The Labute approximate surface area is 115 Å². The molecule has 20 heavy (non-hydrogen) atoms. The normalized spacial score (nSPS) is 23.8. The van der Waals surface area contributed by atoms with Gasteiger partial charge in [-0.2, -0.15) is 4.98 Å². The third kappa shape index (κ3) is 1.54. The average Bonchev–Trinajstić information content (AvgIpc) is 3.12. The first kappa shape index (κ1) is 11.5. The van der Waals surface area contributed by atoms with Crippen LogP contribution in [0, 0.1) is 6.92 Å². The number of carbonyl (C=O) groups excluding carboxylic acids is 1. The maximum absolute atomic E-state index is 11.3. The van der Waals surface area contributed by atoms with Gasteiger partial charge in [-0.15, -0.1) is 0 Å². The average molecular weight is 271 g/mol. The molecule has 1 aliphatic heterocycles. The maximum Gasteiger partial charge on any atom is 0.408 e. The van der Waals surface area contributed by atoms with E-state index < -0.39 is 0 Å². The molecule has 2 aliphatic rings. The summed E-state index contributed by atoms with van der Waals surface area (Å²) in [5.74, 6) is 1.14. The van der Waals surface area contributed by atoms with Gasteiger partial charge in [0.05, 0.1) is 0 Å². The fraction of sp³-hybridized carbons (Fsp3) is 0.357. The number of hydrogen-bond donors (Lipinski definition) is 1. The predicted octanol–water partition coefficient (Wildman–Crippen LogP) is 1.93. The summed E-state index contributed by atoms with van der Waals surface area (Å²) in [6.07, 6.45) is 1.43. The first-order valence-electron chi connectivity index (χ1n) is 6.55. The van der Waals surface area contributed by atoms with Crippen molar-refractivity contribution in [3.63, 3.8) is 0 Å². The van der Waals surface area contributed by atoms with Gasteiger partial charge in [0.15, 0.2) is 0 Å². The monoisotopic (exact) mass is 271 g/mol. The third-order valence-electron chi connectivity index (χ3n) is 4.02. The minimum atomic E-state index is -0.349. The Morgan fingerprint density at radius 3 is 3.00 bits per heavy atom. The lowest BCUT2D eigenvalue weighted by Crippen LogP contribution is -2.38. The van der Waals surface area contributed by atoms with Crippen LogP contribution in [-0.2, 0) is 16.7 Å². The molecule has 1 aliphatic carbocycles. The number of ether oxygens (including phenoxy) is 1. The molecule has 0 unspecified atom stereocenters. The van der Waals surface area contributed by atoms with Crippen molar-refractivity contribution < 1.29 is 14.1 Å². The Kier molecular flexibility index (Phi) is 2.19. The lowest BCUT2D eigenvalue weighted by molar-refractivity contribution is 0.172. The van der Waals surface area contributed by atoms with E-state index in [1.807, 2.05) is 12.1 Å². The van der Waals surface area contributed by atoms with E-state index >= 15 is 0 Å². The van der Waals surface area contributed by atoms with Gasteiger partial charge in [0, 0.05) is 12.5 Å². The zero-order chi connectivity index (χ0) is 13.7. The Balaban J connectivity index is 1.75. The molecule has 0 saturated carbocycles. The molecule has 1 fully saturated rings. The number of fused-ring (bicyclic) bond motifs is 2. The topological polar surface area (TPSA) is 77.2 Å². The number of amides is 1. The van der Waals surface area contributed by atoms with E-state index in [4.69, 9.17) is 9.26 Å². The Morgan fingerprint density at radius 2 is 2.30 bits per heavy atom. The van der Waals surface area contributed by atoms with Crippen LogP contribution in [0.2, 0.25) is 0 Å². The van der Waals surface area contributed by atoms with Gasteiger partial charge in [0.25, 0.3) is 0 Å². The molecule has 1 aromatic carbocycles. The van der Waals surface area contributed by atoms with Crippen molar-refractivity contribution in [3.05, 3.63) is 35.2 Å². The van der Waals surface area contributed by atoms with E-state index in [2.05, 4.69) is 21.5 Å². The van der Waals surface area contributed by atoms with E-state index in [0.29, 0.717) is 18.3 Å². The Morgan fingerprint density at radius 1 is 1.40 bits per heavy atom. The molecule has 1 atom stereocenters. The number of aryl methyl sites for hydroxylation is 2. The van der Waals surface area contributed by atoms with E-state index in [1.54, 1.807) is 6.92 Å². The van der Waals surface area contributed by atoms with Crippen molar-refractivity contribution in [3.8, 4) is 11.4 Å². The number of aromatic nitrogens is 2. The highest BCUT2D eigenvalue weighted by Crippen LogP contribution is 2.40. The second kappa shape index (κ2) is 3.82. The molecule has 4 rings (SSSR count). The smallest absolute Gasteiger partial charge is 0.408 e. The second-order valence-corrected chi connectivity index (χ2v) is 5.29. The van der Waals surface area contributed by atoms with Crippen LogP contribution in [0.15, 0.2) is 22.7 Å². The summed E-state index contributed by atoms with van der Waals surface area (Å²) in [6, 6.07) is 6.05. The van der Waals surface area contributed by atoms with E-state index in [-0.39, 0.29) is 11.6 Å². The molecule has 0 bridgehead atoms. The van der Waals surface area contributed by atoms with Crippen molar-refractivity contribution in [2.24, 2.45) is 0 Å². The van der Waals surface area contributed by atoms with Crippen LogP contribution in [-0.4, -0.2) is 22.8 Å². The number of nitrogens with zero attached hydrogens (tertiary/aromatic N) is 2.